The van der Waals surface area contributed by atoms with Crippen LogP contribution in [-0.4, -0.2) is 18.3 Å². The van der Waals surface area contributed by atoms with Crippen molar-refractivity contribution in [3.05, 3.63) is 34.9 Å². The van der Waals surface area contributed by atoms with Crippen LogP contribution in [0.5, 0.6) is 0 Å². The molecule has 0 radical (unpaired) electrons. The average molecular weight is 240 g/mol. The predicted molar refractivity (Wildman–Crippen MR) is 66.7 cm³/mol. The summed E-state index contributed by atoms with van der Waals surface area (Å²) in [7, 11) is 1.90. The van der Waals surface area contributed by atoms with Crippen molar-refractivity contribution in [3.8, 4) is 0 Å². The van der Waals surface area contributed by atoms with Crippen LogP contribution in [0.1, 0.15) is 31.2 Å². The molecule has 1 fully saturated rings. The highest BCUT2D eigenvalue weighted by molar-refractivity contribution is 6.31. The number of benzene rings is 1. The second-order valence-electron chi connectivity index (χ2n) is 4.46. The summed E-state index contributed by atoms with van der Waals surface area (Å²) in [6, 6.07) is 7.79. The molecule has 2 rings (SSSR count). The van der Waals surface area contributed by atoms with Gasteiger partial charge in [0.2, 0.25) is 0 Å². The monoisotopic (exact) mass is 239 g/mol. The first-order valence-electron chi connectivity index (χ1n) is 5.83. The lowest BCUT2D eigenvalue weighted by Gasteiger charge is -2.42. The van der Waals surface area contributed by atoms with Gasteiger partial charge in [-0.1, -0.05) is 42.6 Å². The Morgan fingerprint density at radius 1 is 1.38 bits per heavy atom. The molecule has 0 heterocycles. The highest BCUT2D eigenvalue weighted by Crippen LogP contribution is 2.39. The number of nitrogens with one attached hydrogen (secondary N) is 1. The van der Waals surface area contributed by atoms with E-state index in [1.807, 2.05) is 31.3 Å². The van der Waals surface area contributed by atoms with Crippen molar-refractivity contribution in [1.82, 2.24) is 5.32 Å². The average Bonchev–Trinajstić information content (AvgIpc) is 2.31. The molecule has 0 bridgehead atoms. The highest BCUT2D eigenvalue weighted by Gasteiger charge is 2.41. The summed E-state index contributed by atoms with van der Waals surface area (Å²) in [4.78, 5) is 0. The summed E-state index contributed by atoms with van der Waals surface area (Å²) in [5.74, 6) is 0. The van der Waals surface area contributed by atoms with E-state index in [4.69, 9.17) is 11.6 Å². The van der Waals surface area contributed by atoms with Crippen LogP contribution in [0.2, 0.25) is 5.02 Å². The van der Waals surface area contributed by atoms with E-state index in [0.717, 1.165) is 36.3 Å². The predicted octanol–water partition coefficient (Wildman–Crippen LogP) is 2.69. The molecule has 2 atom stereocenters. The number of halogens is 1. The van der Waals surface area contributed by atoms with Crippen molar-refractivity contribution in [2.45, 2.75) is 37.3 Å². The van der Waals surface area contributed by atoms with Crippen molar-refractivity contribution in [3.63, 3.8) is 0 Å². The lowest BCUT2D eigenvalue weighted by Crippen LogP contribution is -2.52. The van der Waals surface area contributed by atoms with Crippen LogP contribution in [0.25, 0.3) is 0 Å². The maximum Gasteiger partial charge on any atom is 0.0764 e. The molecular formula is C13H18ClNO. The van der Waals surface area contributed by atoms with Crippen molar-refractivity contribution < 1.29 is 5.11 Å². The Labute approximate surface area is 102 Å². The Bertz CT molecular complexity index is 369. The molecule has 0 saturated heterocycles. The highest BCUT2D eigenvalue weighted by atomic mass is 35.5. The molecule has 2 nitrogen and oxygen atoms in total. The zero-order valence-corrected chi connectivity index (χ0v) is 10.3. The van der Waals surface area contributed by atoms with E-state index in [2.05, 4.69) is 5.32 Å². The second-order valence-corrected chi connectivity index (χ2v) is 4.87. The van der Waals surface area contributed by atoms with Gasteiger partial charge < -0.3 is 10.4 Å². The van der Waals surface area contributed by atoms with Crippen molar-refractivity contribution in [2.24, 2.45) is 0 Å². The smallest absolute Gasteiger partial charge is 0.0764 e. The molecule has 0 amide bonds. The fraction of sp³-hybridized carbons (Fsp3) is 0.538. The summed E-state index contributed by atoms with van der Waals surface area (Å²) in [6.07, 6.45) is 3.64. The van der Waals surface area contributed by atoms with Gasteiger partial charge in [0, 0.05) is 5.02 Å². The molecule has 1 aliphatic carbocycles. The number of hydrogen-bond acceptors (Lipinski definition) is 2. The van der Waals surface area contributed by atoms with Gasteiger partial charge in [-0.05, 0) is 31.5 Å². The summed E-state index contributed by atoms with van der Waals surface area (Å²) < 4.78 is 0. The van der Waals surface area contributed by atoms with E-state index in [1.54, 1.807) is 0 Å². The minimum atomic E-state index is -0.364. The minimum absolute atomic E-state index is 0.355. The normalized spacial score (nSPS) is 30.3. The lowest BCUT2D eigenvalue weighted by atomic mass is 9.74. The molecule has 16 heavy (non-hydrogen) atoms. The number of likely N-dealkylation sites (N-methyl/N-ethyl adjacent to an activating group) is 1. The number of aliphatic hydroxyl groups is 1. The van der Waals surface area contributed by atoms with E-state index >= 15 is 0 Å². The summed E-state index contributed by atoms with van der Waals surface area (Å²) >= 11 is 6.24. The van der Waals surface area contributed by atoms with Gasteiger partial charge in [-0.15, -0.1) is 0 Å². The van der Waals surface area contributed by atoms with Crippen molar-refractivity contribution in [2.75, 3.05) is 7.05 Å². The Hall–Kier alpha value is -0.570. The molecule has 1 aromatic rings. The van der Waals surface area contributed by atoms with Gasteiger partial charge in [-0.3, -0.25) is 0 Å². The number of aliphatic hydroxyl groups excluding tert-OH is 1. The van der Waals surface area contributed by atoms with Gasteiger partial charge in [0.25, 0.3) is 0 Å². The van der Waals surface area contributed by atoms with Gasteiger partial charge in [-0.2, -0.15) is 0 Å². The lowest BCUT2D eigenvalue weighted by molar-refractivity contribution is 0.0253. The third-order valence-corrected chi connectivity index (χ3v) is 4.00. The molecule has 2 unspecified atom stereocenters. The Kier molecular flexibility index (Phi) is 3.53. The third-order valence-electron chi connectivity index (χ3n) is 3.67. The molecule has 1 aromatic carbocycles. The van der Waals surface area contributed by atoms with Crippen LogP contribution >= 0.6 is 11.6 Å². The fourth-order valence-corrected chi connectivity index (χ4v) is 3.02. The Morgan fingerprint density at radius 3 is 2.75 bits per heavy atom. The number of hydrogen-bond donors (Lipinski definition) is 2. The van der Waals surface area contributed by atoms with E-state index in [-0.39, 0.29) is 11.6 Å². The summed E-state index contributed by atoms with van der Waals surface area (Å²) in [5.41, 5.74) is 0.655. The summed E-state index contributed by atoms with van der Waals surface area (Å²) in [6.45, 7) is 0. The van der Waals surface area contributed by atoms with Crippen LogP contribution in [0, 0.1) is 0 Å². The first-order chi connectivity index (χ1) is 7.70. The zero-order chi connectivity index (χ0) is 11.6. The van der Waals surface area contributed by atoms with Crippen LogP contribution in [0.3, 0.4) is 0 Å². The molecule has 1 saturated carbocycles. The van der Waals surface area contributed by atoms with E-state index in [0.29, 0.717) is 0 Å². The zero-order valence-electron chi connectivity index (χ0n) is 9.54. The molecule has 2 N–H and O–H groups in total. The molecule has 0 aromatic heterocycles. The van der Waals surface area contributed by atoms with Gasteiger partial charge in [0.15, 0.2) is 0 Å². The fourth-order valence-electron chi connectivity index (χ4n) is 2.72. The molecule has 0 aliphatic heterocycles. The summed E-state index contributed by atoms with van der Waals surface area (Å²) in [5, 5.41) is 14.3. The number of rotatable bonds is 2. The quantitative estimate of drug-likeness (QED) is 0.832. The van der Waals surface area contributed by atoms with Crippen LogP contribution in [0.15, 0.2) is 24.3 Å². The molecule has 88 valence electrons. The van der Waals surface area contributed by atoms with Crippen LogP contribution in [0.4, 0.5) is 0 Å². The second kappa shape index (κ2) is 4.74. The first kappa shape index (κ1) is 11.9. The maximum absolute atomic E-state index is 10.3. The van der Waals surface area contributed by atoms with Crippen LogP contribution < -0.4 is 5.32 Å². The maximum atomic E-state index is 10.3. The molecular weight excluding hydrogens is 222 g/mol. The van der Waals surface area contributed by atoms with Crippen LogP contribution in [-0.2, 0) is 5.54 Å². The largest absolute Gasteiger partial charge is 0.391 e. The van der Waals surface area contributed by atoms with Gasteiger partial charge in [0.05, 0.1) is 11.6 Å². The minimum Gasteiger partial charge on any atom is -0.391 e. The Morgan fingerprint density at radius 2 is 2.12 bits per heavy atom. The third kappa shape index (κ3) is 1.86. The van der Waals surface area contributed by atoms with Crippen molar-refractivity contribution >= 4 is 11.6 Å². The van der Waals surface area contributed by atoms with Gasteiger partial charge in [-0.25, -0.2) is 0 Å². The Balaban J connectivity index is 2.44. The molecule has 0 spiro atoms. The van der Waals surface area contributed by atoms with E-state index in [1.165, 1.54) is 0 Å². The van der Waals surface area contributed by atoms with Gasteiger partial charge >= 0.3 is 0 Å². The standard InChI is InChI=1S/C13H18ClNO/c1-15-13(9-5-4-8-12(13)16)10-6-2-3-7-11(10)14/h2-3,6-7,12,15-16H,4-5,8-9H2,1H3. The van der Waals surface area contributed by atoms with Crippen molar-refractivity contribution in [1.29, 1.82) is 0 Å². The van der Waals surface area contributed by atoms with E-state index in [9.17, 15) is 5.11 Å². The molecule has 1 aliphatic rings. The van der Waals surface area contributed by atoms with E-state index < -0.39 is 0 Å². The molecule has 3 heteroatoms. The SMILES string of the molecule is CNC1(c2ccccc2Cl)CCCCC1O. The van der Waals surface area contributed by atoms with Gasteiger partial charge in [0.1, 0.15) is 0 Å². The topological polar surface area (TPSA) is 32.3 Å². The first-order valence-corrected chi connectivity index (χ1v) is 6.20.